The first-order valence-corrected chi connectivity index (χ1v) is 8.53. The molecule has 116 valence electrons. The van der Waals surface area contributed by atoms with Gasteiger partial charge in [-0.3, -0.25) is 4.79 Å². The highest BCUT2D eigenvalue weighted by Crippen LogP contribution is 2.24. The molecule has 0 spiro atoms. The largest absolute Gasteiger partial charge is 0.324 e. The predicted molar refractivity (Wildman–Crippen MR) is 97.3 cm³/mol. The van der Waals surface area contributed by atoms with Crippen molar-refractivity contribution >= 4 is 45.9 Å². The van der Waals surface area contributed by atoms with Crippen molar-refractivity contribution < 1.29 is 4.79 Å². The maximum Gasteiger partial charge on any atom is 0.234 e. The number of carbonyl (C=O) groups excluding carboxylic acids is 1. The van der Waals surface area contributed by atoms with Gasteiger partial charge in [-0.25, -0.2) is 4.98 Å². The van der Waals surface area contributed by atoms with E-state index in [1.165, 1.54) is 11.8 Å². The van der Waals surface area contributed by atoms with Crippen LogP contribution in [0.15, 0.2) is 59.6 Å². The lowest BCUT2D eigenvalue weighted by atomic mass is 10.2. The SMILES string of the molecule is Cc1ccc(NC(=O)CSc2ccc3ccccc3n2)c(Cl)c1. The molecule has 0 aliphatic carbocycles. The van der Waals surface area contributed by atoms with Crippen LogP contribution in [-0.2, 0) is 4.79 Å². The maximum atomic E-state index is 12.1. The third-order valence-corrected chi connectivity index (χ3v) is 4.57. The molecule has 23 heavy (non-hydrogen) atoms. The molecule has 1 heterocycles. The molecule has 5 heteroatoms. The maximum absolute atomic E-state index is 12.1. The molecule has 2 aromatic carbocycles. The highest BCUT2D eigenvalue weighted by molar-refractivity contribution is 7.99. The minimum Gasteiger partial charge on any atom is -0.324 e. The molecule has 1 aromatic heterocycles. The molecule has 0 unspecified atom stereocenters. The van der Waals surface area contributed by atoms with Crippen LogP contribution in [0.4, 0.5) is 5.69 Å². The van der Waals surface area contributed by atoms with Crippen LogP contribution in [0, 0.1) is 6.92 Å². The summed E-state index contributed by atoms with van der Waals surface area (Å²) < 4.78 is 0. The number of carbonyl (C=O) groups is 1. The van der Waals surface area contributed by atoms with Crippen molar-refractivity contribution in [2.75, 3.05) is 11.1 Å². The summed E-state index contributed by atoms with van der Waals surface area (Å²) in [7, 11) is 0. The fourth-order valence-electron chi connectivity index (χ4n) is 2.18. The van der Waals surface area contributed by atoms with E-state index in [0.717, 1.165) is 21.5 Å². The van der Waals surface area contributed by atoms with Crippen LogP contribution in [0.1, 0.15) is 5.56 Å². The molecule has 0 radical (unpaired) electrons. The lowest BCUT2D eigenvalue weighted by Crippen LogP contribution is -2.14. The molecule has 3 nitrogen and oxygen atoms in total. The topological polar surface area (TPSA) is 42.0 Å². The summed E-state index contributed by atoms with van der Waals surface area (Å²) in [4.78, 5) is 16.6. The fraction of sp³-hybridized carbons (Fsp3) is 0.111. The van der Waals surface area contributed by atoms with Crippen LogP contribution in [0.25, 0.3) is 10.9 Å². The molecule has 1 amide bonds. The summed E-state index contributed by atoms with van der Waals surface area (Å²) in [5, 5.41) is 5.29. The van der Waals surface area contributed by atoms with E-state index in [1.54, 1.807) is 0 Å². The van der Waals surface area contributed by atoms with Gasteiger partial charge in [0, 0.05) is 5.39 Å². The number of fused-ring (bicyclic) bond motifs is 1. The monoisotopic (exact) mass is 342 g/mol. The van der Waals surface area contributed by atoms with Gasteiger partial charge in [0.1, 0.15) is 0 Å². The first-order chi connectivity index (χ1) is 11.1. The number of amides is 1. The molecule has 3 aromatic rings. The number of hydrogen-bond donors (Lipinski definition) is 1. The van der Waals surface area contributed by atoms with Crippen LogP contribution < -0.4 is 5.32 Å². The number of hydrogen-bond acceptors (Lipinski definition) is 3. The van der Waals surface area contributed by atoms with E-state index in [1.807, 2.05) is 61.5 Å². The summed E-state index contributed by atoms with van der Waals surface area (Å²) in [5.74, 6) is 0.186. The van der Waals surface area contributed by atoms with E-state index in [-0.39, 0.29) is 11.7 Å². The van der Waals surface area contributed by atoms with Crippen molar-refractivity contribution in [2.45, 2.75) is 11.9 Å². The highest BCUT2D eigenvalue weighted by Gasteiger charge is 2.08. The number of halogens is 1. The fourth-order valence-corrected chi connectivity index (χ4v) is 3.14. The van der Waals surface area contributed by atoms with Crippen molar-refractivity contribution in [3.05, 3.63) is 65.2 Å². The zero-order valence-corrected chi connectivity index (χ0v) is 14.1. The smallest absolute Gasteiger partial charge is 0.234 e. The minimum absolute atomic E-state index is 0.101. The van der Waals surface area contributed by atoms with E-state index in [0.29, 0.717) is 10.7 Å². The van der Waals surface area contributed by atoms with E-state index >= 15 is 0 Å². The molecule has 0 atom stereocenters. The molecule has 0 aliphatic heterocycles. The number of benzene rings is 2. The van der Waals surface area contributed by atoms with Crippen LogP contribution in [0.5, 0.6) is 0 Å². The summed E-state index contributed by atoms with van der Waals surface area (Å²) in [6.07, 6.45) is 0. The average molecular weight is 343 g/mol. The van der Waals surface area contributed by atoms with Gasteiger partial charge in [0.2, 0.25) is 5.91 Å². The van der Waals surface area contributed by atoms with Gasteiger partial charge in [0.15, 0.2) is 0 Å². The number of nitrogens with zero attached hydrogens (tertiary/aromatic N) is 1. The average Bonchev–Trinajstić information content (AvgIpc) is 2.55. The first kappa shape index (κ1) is 15.8. The van der Waals surface area contributed by atoms with Gasteiger partial charge >= 0.3 is 0 Å². The normalized spacial score (nSPS) is 10.7. The third kappa shape index (κ3) is 4.03. The molecule has 0 aliphatic rings. The predicted octanol–water partition coefficient (Wildman–Crippen LogP) is 4.93. The van der Waals surface area contributed by atoms with Gasteiger partial charge in [-0.05, 0) is 36.8 Å². The standard InChI is InChI=1S/C18H15ClN2OS/c1-12-6-8-16(14(19)10-12)20-17(22)11-23-18-9-7-13-4-2-3-5-15(13)21-18/h2-10H,11H2,1H3,(H,20,22). The third-order valence-electron chi connectivity index (χ3n) is 3.32. The quantitative estimate of drug-likeness (QED) is 0.684. The molecule has 0 fully saturated rings. The lowest BCUT2D eigenvalue weighted by molar-refractivity contribution is -0.113. The Balaban J connectivity index is 1.63. The first-order valence-electron chi connectivity index (χ1n) is 7.16. The number of para-hydroxylation sites is 1. The number of thioether (sulfide) groups is 1. The lowest BCUT2D eigenvalue weighted by Gasteiger charge is -2.08. The Morgan fingerprint density at radius 1 is 1.17 bits per heavy atom. The molecular formula is C18H15ClN2OS. The van der Waals surface area contributed by atoms with Crippen LogP contribution in [-0.4, -0.2) is 16.6 Å². The minimum atomic E-state index is -0.101. The number of nitrogens with one attached hydrogen (secondary N) is 1. The van der Waals surface area contributed by atoms with Crippen molar-refractivity contribution in [3.63, 3.8) is 0 Å². The summed E-state index contributed by atoms with van der Waals surface area (Å²) >= 11 is 7.53. The zero-order chi connectivity index (χ0) is 16.2. The van der Waals surface area contributed by atoms with Gasteiger partial charge in [0.05, 0.1) is 27.0 Å². The van der Waals surface area contributed by atoms with Gasteiger partial charge in [-0.15, -0.1) is 0 Å². The molecule has 0 bridgehead atoms. The van der Waals surface area contributed by atoms with Crippen LogP contribution in [0.2, 0.25) is 5.02 Å². The molecular weight excluding hydrogens is 328 g/mol. The van der Waals surface area contributed by atoms with Crippen LogP contribution >= 0.6 is 23.4 Å². The van der Waals surface area contributed by atoms with Crippen LogP contribution in [0.3, 0.4) is 0 Å². The van der Waals surface area contributed by atoms with Gasteiger partial charge in [-0.1, -0.05) is 53.7 Å². The number of anilines is 1. The second-order valence-corrected chi connectivity index (χ2v) is 6.57. The Kier molecular flexibility index (Phi) is 4.84. The molecule has 0 saturated carbocycles. The zero-order valence-electron chi connectivity index (χ0n) is 12.5. The summed E-state index contributed by atoms with van der Waals surface area (Å²) in [6, 6.07) is 17.4. The Hall–Kier alpha value is -2.04. The van der Waals surface area contributed by atoms with Crippen molar-refractivity contribution in [1.29, 1.82) is 0 Å². The van der Waals surface area contributed by atoms with E-state index in [2.05, 4.69) is 10.3 Å². The van der Waals surface area contributed by atoms with E-state index < -0.39 is 0 Å². The van der Waals surface area contributed by atoms with Gasteiger partial charge in [-0.2, -0.15) is 0 Å². The number of aromatic nitrogens is 1. The van der Waals surface area contributed by atoms with Gasteiger partial charge in [0.25, 0.3) is 0 Å². The second kappa shape index (κ2) is 7.02. The molecule has 3 rings (SSSR count). The Labute approximate surface area is 144 Å². The molecule has 1 N–H and O–H groups in total. The van der Waals surface area contributed by atoms with E-state index in [4.69, 9.17) is 11.6 Å². The Bertz CT molecular complexity index is 867. The number of aryl methyl sites for hydroxylation is 1. The number of pyridine rings is 1. The van der Waals surface area contributed by atoms with Crippen molar-refractivity contribution in [3.8, 4) is 0 Å². The summed E-state index contributed by atoms with van der Waals surface area (Å²) in [5.41, 5.74) is 2.62. The van der Waals surface area contributed by atoms with Crippen molar-refractivity contribution in [1.82, 2.24) is 4.98 Å². The number of rotatable bonds is 4. The van der Waals surface area contributed by atoms with Gasteiger partial charge < -0.3 is 5.32 Å². The molecule has 0 saturated heterocycles. The Morgan fingerprint density at radius 2 is 2.00 bits per heavy atom. The highest BCUT2D eigenvalue weighted by atomic mass is 35.5. The Morgan fingerprint density at radius 3 is 2.83 bits per heavy atom. The van der Waals surface area contributed by atoms with E-state index in [9.17, 15) is 4.79 Å². The second-order valence-electron chi connectivity index (χ2n) is 5.16. The summed E-state index contributed by atoms with van der Waals surface area (Å²) in [6.45, 7) is 1.96. The van der Waals surface area contributed by atoms with Crippen molar-refractivity contribution in [2.24, 2.45) is 0 Å².